The summed E-state index contributed by atoms with van der Waals surface area (Å²) in [6.45, 7) is -0.981. The number of benzene rings is 1. The van der Waals surface area contributed by atoms with Gasteiger partial charge in [-0.1, -0.05) is 0 Å². The molecule has 9 heteroatoms. The van der Waals surface area contributed by atoms with E-state index >= 15 is 0 Å². The normalized spacial score (nSPS) is 12.0. The average Bonchev–Trinajstić information content (AvgIpc) is 2.50. The van der Waals surface area contributed by atoms with E-state index in [1.54, 1.807) is 5.32 Å². The van der Waals surface area contributed by atoms with Crippen LogP contribution >= 0.6 is 0 Å². The zero-order valence-electron chi connectivity index (χ0n) is 12.0. The Kier molecular flexibility index (Phi) is 6.38. The first-order valence-electron chi connectivity index (χ1n) is 6.38. The van der Waals surface area contributed by atoms with Crippen LogP contribution in [0.4, 0.5) is 13.2 Å². The van der Waals surface area contributed by atoms with E-state index in [1.807, 2.05) is 6.07 Å². The lowest BCUT2D eigenvalue weighted by Gasteiger charge is -2.14. The minimum Gasteiger partial charge on any atom is -0.479 e. The van der Waals surface area contributed by atoms with E-state index in [0.29, 0.717) is 11.3 Å². The van der Waals surface area contributed by atoms with Gasteiger partial charge in [-0.25, -0.2) is 4.79 Å². The molecule has 1 rings (SSSR count). The Morgan fingerprint density at radius 1 is 1.30 bits per heavy atom. The number of carbonyl (C=O) groups excluding carboxylic acids is 2. The molecule has 0 saturated heterocycles. The first kappa shape index (κ1) is 18.3. The van der Waals surface area contributed by atoms with Gasteiger partial charge in [-0.3, -0.25) is 4.79 Å². The van der Waals surface area contributed by atoms with Gasteiger partial charge in [-0.05, 0) is 31.2 Å². The lowest BCUT2D eigenvalue weighted by atomic mass is 10.2. The molecule has 1 atom stereocenters. The van der Waals surface area contributed by atoms with Gasteiger partial charge in [0.1, 0.15) is 12.3 Å². The summed E-state index contributed by atoms with van der Waals surface area (Å²) in [5, 5.41) is 10.2. The summed E-state index contributed by atoms with van der Waals surface area (Å²) in [5.41, 5.74) is 0.411. The van der Waals surface area contributed by atoms with E-state index in [9.17, 15) is 22.8 Å². The average molecular weight is 330 g/mol. The fraction of sp³-hybridized carbons (Fsp3) is 0.357. The van der Waals surface area contributed by atoms with Crippen LogP contribution in [0.2, 0.25) is 0 Å². The van der Waals surface area contributed by atoms with E-state index in [-0.39, 0.29) is 0 Å². The third-order valence-corrected chi connectivity index (χ3v) is 2.46. The van der Waals surface area contributed by atoms with Crippen molar-refractivity contribution in [3.05, 3.63) is 29.8 Å². The molecular formula is C14H13F3N2O4. The molecule has 0 bridgehead atoms. The van der Waals surface area contributed by atoms with Crippen LogP contribution in [0.5, 0.6) is 5.75 Å². The molecule has 0 aromatic heterocycles. The van der Waals surface area contributed by atoms with Crippen molar-refractivity contribution in [2.75, 3.05) is 13.2 Å². The fourth-order valence-corrected chi connectivity index (χ4v) is 1.36. The lowest BCUT2D eigenvalue weighted by Crippen LogP contribution is -2.37. The van der Waals surface area contributed by atoms with Gasteiger partial charge < -0.3 is 14.8 Å². The molecular weight excluding hydrogens is 317 g/mol. The monoisotopic (exact) mass is 330 g/mol. The first-order chi connectivity index (χ1) is 10.7. The number of alkyl halides is 3. The molecule has 0 aliphatic rings. The number of amides is 1. The molecule has 1 aromatic carbocycles. The molecule has 0 radical (unpaired) electrons. The van der Waals surface area contributed by atoms with Crippen molar-refractivity contribution < 1.29 is 32.2 Å². The highest BCUT2D eigenvalue weighted by Crippen LogP contribution is 2.14. The minimum absolute atomic E-state index is 0.301. The molecule has 23 heavy (non-hydrogen) atoms. The van der Waals surface area contributed by atoms with Crippen molar-refractivity contribution in [1.29, 1.82) is 5.26 Å². The summed E-state index contributed by atoms with van der Waals surface area (Å²) in [4.78, 5) is 22.7. The van der Waals surface area contributed by atoms with Crippen molar-refractivity contribution in [2.45, 2.75) is 19.2 Å². The summed E-state index contributed by atoms with van der Waals surface area (Å²) in [5.74, 6) is -1.67. The van der Waals surface area contributed by atoms with Gasteiger partial charge in [-0.2, -0.15) is 18.4 Å². The Morgan fingerprint density at radius 3 is 2.43 bits per heavy atom. The number of ether oxygens (including phenoxy) is 2. The van der Waals surface area contributed by atoms with E-state index in [1.165, 1.54) is 31.2 Å². The van der Waals surface area contributed by atoms with Gasteiger partial charge in [0.25, 0.3) is 5.91 Å². The van der Waals surface area contributed by atoms with Gasteiger partial charge in [0.05, 0.1) is 11.6 Å². The maximum Gasteiger partial charge on any atom is 0.405 e. The van der Waals surface area contributed by atoms with E-state index < -0.39 is 37.3 Å². The number of nitriles is 1. The fourth-order valence-electron chi connectivity index (χ4n) is 1.36. The molecule has 124 valence electrons. The van der Waals surface area contributed by atoms with Crippen LogP contribution < -0.4 is 10.1 Å². The number of nitrogens with one attached hydrogen (secondary N) is 1. The highest BCUT2D eigenvalue weighted by atomic mass is 19.4. The molecule has 0 aliphatic carbocycles. The van der Waals surface area contributed by atoms with Crippen LogP contribution in [-0.2, 0) is 14.3 Å². The first-order valence-corrected chi connectivity index (χ1v) is 6.38. The van der Waals surface area contributed by atoms with Crippen molar-refractivity contribution in [2.24, 2.45) is 0 Å². The van der Waals surface area contributed by atoms with Crippen LogP contribution in [0, 0.1) is 11.3 Å². The molecule has 0 saturated carbocycles. The smallest absolute Gasteiger partial charge is 0.405 e. The molecule has 0 spiro atoms. The Balaban J connectivity index is 2.39. The van der Waals surface area contributed by atoms with Gasteiger partial charge in [0, 0.05) is 0 Å². The summed E-state index contributed by atoms with van der Waals surface area (Å²) in [6.07, 6.45) is -5.61. The van der Waals surface area contributed by atoms with Gasteiger partial charge in [0.2, 0.25) is 0 Å². The van der Waals surface area contributed by atoms with E-state index in [4.69, 9.17) is 10.00 Å². The summed E-state index contributed by atoms with van der Waals surface area (Å²) < 4.78 is 45.4. The zero-order valence-corrected chi connectivity index (χ0v) is 12.0. The predicted molar refractivity (Wildman–Crippen MR) is 71.3 cm³/mol. The topological polar surface area (TPSA) is 88.4 Å². The van der Waals surface area contributed by atoms with Crippen molar-refractivity contribution in [3.8, 4) is 11.8 Å². The number of rotatable bonds is 6. The Bertz CT molecular complexity index is 594. The molecule has 1 N–H and O–H groups in total. The molecule has 1 amide bonds. The molecule has 0 heterocycles. The van der Waals surface area contributed by atoms with Crippen molar-refractivity contribution >= 4 is 11.9 Å². The van der Waals surface area contributed by atoms with Gasteiger partial charge >= 0.3 is 12.1 Å². The van der Waals surface area contributed by atoms with E-state index in [2.05, 4.69) is 4.74 Å². The number of nitrogens with zero attached hydrogens (tertiary/aromatic N) is 1. The van der Waals surface area contributed by atoms with Crippen LogP contribution in [-0.4, -0.2) is 37.3 Å². The van der Waals surface area contributed by atoms with Crippen LogP contribution in [0.3, 0.4) is 0 Å². The second kappa shape index (κ2) is 8.03. The molecule has 6 nitrogen and oxygen atoms in total. The Labute approximate surface area is 129 Å². The summed E-state index contributed by atoms with van der Waals surface area (Å²) >= 11 is 0. The van der Waals surface area contributed by atoms with E-state index in [0.717, 1.165) is 0 Å². The second-order valence-electron chi connectivity index (χ2n) is 4.40. The predicted octanol–water partition coefficient (Wildman–Crippen LogP) is 1.55. The van der Waals surface area contributed by atoms with Crippen LogP contribution in [0.15, 0.2) is 24.3 Å². The number of esters is 1. The maximum atomic E-state index is 11.9. The summed E-state index contributed by atoms with van der Waals surface area (Å²) in [6, 6.07) is 7.82. The molecule has 0 aliphatic heterocycles. The lowest BCUT2D eigenvalue weighted by molar-refractivity contribution is -0.156. The van der Waals surface area contributed by atoms with Crippen LogP contribution in [0.25, 0.3) is 0 Å². The molecule has 0 fully saturated rings. The number of halogens is 3. The number of hydrogen-bond donors (Lipinski definition) is 1. The SMILES string of the molecule is C[C@H](Oc1ccc(C#N)cc1)C(=O)OCC(=O)NCC(F)(F)F. The van der Waals surface area contributed by atoms with Crippen LogP contribution in [0.1, 0.15) is 12.5 Å². The largest absolute Gasteiger partial charge is 0.479 e. The number of carbonyl (C=O) groups is 2. The van der Waals surface area contributed by atoms with Crippen molar-refractivity contribution in [1.82, 2.24) is 5.32 Å². The second-order valence-corrected chi connectivity index (χ2v) is 4.40. The Morgan fingerprint density at radius 2 is 1.91 bits per heavy atom. The third kappa shape index (κ3) is 7.17. The zero-order chi connectivity index (χ0) is 17.5. The van der Waals surface area contributed by atoms with Gasteiger partial charge in [0.15, 0.2) is 12.7 Å². The van der Waals surface area contributed by atoms with Crippen molar-refractivity contribution in [3.63, 3.8) is 0 Å². The maximum absolute atomic E-state index is 11.9. The molecule has 0 unspecified atom stereocenters. The highest BCUT2D eigenvalue weighted by molar-refractivity contribution is 5.82. The third-order valence-electron chi connectivity index (χ3n) is 2.46. The highest BCUT2D eigenvalue weighted by Gasteiger charge is 2.28. The summed E-state index contributed by atoms with van der Waals surface area (Å²) in [7, 11) is 0. The van der Waals surface area contributed by atoms with Gasteiger partial charge in [-0.15, -0.1) is 0 Å². The molecule has 1 aromatic rings. The Hall–Kier alpha value is -2.76. The standard InChI is InChI=1S/C14H13F3N2O4/c1-9(23-11-4-2-10(6-18)3-5-11)13(21)22-7-12(20)19-8-14(15,16)17/h2-5,9H,7-8H2,1H3,(H,19,20)/t9-/m0/s1. The minimum atomic E-state index is -4.54. The quantitative estimate of drug-likeness (QED) is 0.800. The number of hydrogen-bond acceptors (Lipinski definition) is 5.